The molecule has 19 heavy (non-hydrogen) atoms. The third kappa shape index (κ3) is 4.63. The fourth-order valence-corrected chi connectivity index (χ4v) is 1.44. The van der Waals surface area contributed by atoms with Crippen LogP contribution >= 0.6 is 0 Å². The number of para-hydroxylation sites is 1. The van der Waals surface area contributed by atoms with Crippen LogP contribution in [-0.4, -0.2) is 21.0 Å². The molecule has 0 amide bonds. The van der Waals surface area contributed by atoms with E-state index >= 15 is 0 Å². The summed E-state index contributed by atoms with van der Waals surface area (Å²) in [7, 11) is 0. The second kappa shape index (κ2) is 6.34. The Kier molecular flexibility index (Phi) is 4.82. The number of benzene rings is 1. The average molecular weight is 260 g/mol. The highest BCUT2D eigenvalue weighted by Crippen LogP contribution is 2.09. The maximum atomic E-state index is 10.3. The Morgan fingerprint density at radius 1 is 1.11 bits per heavy atom. The lowest BCUT2D eigenvalue weighted by Crippen LogP contribution is -2.00. The molecule has 0 fully saturated rings. The van der Waals surface area contributed by atoms with Crippen LogP contribution in [0.1, 0.15) is 21.7 Å². The standard InChI is InChI=1S/C7H7NO2.C6H9N3/c8-6-4-2-1-3-5(6)7(9)10;1-4-3-5(2)9-6(7)8-4/h1-4H,8H2,(H,9,10);3H,1-2H3,(H2,7,8,9). The van der Waals surface area contributed by atoms with E-state index in [1.807, 2.05) is 19.9 Å². The van der Waals surface area contributed by atoms with Crippen molar-refractivity contribution in [3.05, 3.63) is 47.3 Å². The van der Waals surface area contributed by atoms with Gasteiger partial charge in [0.1, 0.15) is 0 Å². The first-order chi connectivity index (χ1) is 8.90. The number of carboxylic acids is 1. The predicted octanol–water partition coefficient (Wildman–Crippen LogP) is 1.64. The molecule has 0 aliphatic heterocycles. The normalized spacial score (nSPS) is 9.37. The Morgan fingerprint density at radius 3 is 2.00 bits per heavy atom. The summed E-state index contributed by atoms with van der Waals surface area (Å²) in [5.41, 5.74) is 13.0. The maximum Gasteiger partial charge on any atom is 0.337 e. The molecule has 6 heteroatoms. The molecule has 0 saturated carbocycles. The van der Waals surface area contributed by atoms with Gasteiger partial charge in [0.05, 0.1) is 5.56 Å². The molecule has 0 aliphatic carbocycles. The number of rotatable bonds is 1. The SMILES string of the molecule is Cc1cc(C)nc(N)n1.Nc1ccccc1C(=O)O. The lowest BCUT2D eigenvalue weighted by molar-refractivity contribution is 0.0698. The summed E-state index contributed by atoms with van der Waals surface area (Å²) >= 11 is 0. The summed E-state index contributed by atoms with van der Waals surface area (Å²) in [5.74, 6) is -0.634. The Balaban J connectivity index is 0.000000191. The van der Waals surface area contributed by atoms with Crippen LogP contribution in [0.15, 0.2) is 30.3 Å². The highest BCUT2D eigenvalue weighted by atomic mass is 16.4. The van der Waals surface area contributed by atoms with Gasteiger partial charge >= 0.3 is 5.97 Å². The minimum absolute atomic E-state index is 0.155. The van der Waals surface area contributed by atoms with Gasteiger partial charge in [-0.3, -0.25) is 0 Å². The Morgan fingerprint density at radius 2 is 1.63 bits per heavy atom. The van der Waals surface area contributed by atoms with Crippen LogP contribution < -0.4 is 11.5 Å². The quantitative estimate of drug-likeness (QED) is 0.671. The molecule has 0 atom stereocenters. The van der Waals surface area contributed by atoms with Crippen molar-refractivity contribution in [2.24, 2.45) is 0 Å². The second-order valence-electron chi connectivity index (χ2n) is 3.90. The number of hydrogen-bond acceptors (Lipinski definition) is 5. The van der Waals surface area contributed by atoms with Gasteiger partial charge in [-0.2, -0.15) is 0 Å². The van der Waals surface area contributed by atoms with Crippen molar-refractivity contribution in [3.63, 3.8) is 0 Å². The van der Waals surface area contributed by atoms with Crippen molar-refractivity contribution < 1.29 is 9.90 Å². The Hall–Kier alpha value is -2.63. The summed E-state index contributed by atoms with van der Waals surface area (Å²) < 4.78 is 0. The van der Waals surface area contributed by atoms with Gasteiger partial charge < -0.3 is 16.6 Å². The molecular formula is C13H16N4O2. The maximum absolute atomic E-state index is 10.3. The fraction of sp³-hybridized carbons (Fsp3) is 0.154. The van der Waals surface area contributed by atoms with Gasteiger partial charge in [-0.15, -0.1) is 0 Å². The number of hydrogen-bond donors (Lipinski definition) is 3. The van der Waals surface area contributed by atoms with E-state index in [2.05, 4.69) is 9.97 Å². The van der Waals surface area contributed by atoms with Crippen LogP contribution in [0.3, 0.4) is 0 Å². The predicted molar refractivity (Wildman–Crippen MR) is 73.7 cm³/mol. The van der Waals surface area contributed by atoms with E-state index in [0.29, 0.717) is 11.6 Å². The Labute approximate surface area is 111 Å². The van der Waals surface area contributed by atoms with Gasteiger partial charge in [-0.25, -0.2) is 14.8 Å². The molecule has 1 heterocycles. The fourth-order valence-electron chi connectivity index (χ4n) is 1.44. The van der Waals surface area contributed by atoms with Crippen molar-refractivity contribution in [1.29, 1.82) is 0 Å². The number of aromatic nitrogens is 2. The molecule has 100 valence electrons. The van der Waals surface area contributed by atoms with Crippen LogP contribution in [0.2, 0.25) is 0 Å². The van der Waals surface area contributed by atoms with E-state index in [1.165, 1.54) is 6.07 Å². The molecule has 2 aromatic rings. The largest absolute Gasteiger partial charge is 0.478 e. The van der Waals surface area contributed by atoms with E-state index < -0.39 is 5.97 Å². The van der Waals surface area contributed by atoms with E-state index in [1.54, 1.807) is 18.2 Å². The van der Waals surface area contributed by atoms with Crippen molar-refractivity contribution in [2.75, 3.05) is 11.5 Å². The zero-order valence-electron chi connectivity index (χ0n) is 10.8. The van der Waals surface area contributed by atoms with Gasteiger partial charge in [-0.1, -0.05) is 12.1 Å². The first-order valence-corrected chi connectivity index (χ1v) is 5.55. The summed E-state index contributed by atoms with van der Waals surface area (Å²) in [5, 5.41) is 8.49. The van der Waals surface area contributed by atoms with E-state index in [-0.39, 0.29) is 5.56 Å². The third-order valence-electron chi connectivity index (χ3n) is 2.19. The summed E-state index contributed by atoms with van der Waals surface area (Å²) in [6.07, 6.45) is 0. The smallest absolute Gasteiger partial charge is 0.337 e. The molecule has 2 rings (SSSR count). The van der Waals surface area contributed by atoms with Crippen LogP contribution in [0, 0.1) is 13.8 Å². The van der Waals surface area contributed by atoms with Crippen molar-refractivity contribution in [1.82, 2.24) is 9.97 Å². The lowest BCUT2D eigenvalue weighted by Gasteiger charge is -1.96. The molecule has 0 bridgehead atoms. The first kappa shape index (κ1) is 14.4. The average Bonchev–Trinajstić information content (AvgIpc) is 2.27. The highest BCUT2D eigenvalue weighted by molar-refractivity contribution is 5.93. The zero-order chi connectivity index (χ0) is 14.4. The van der Waals surface area contributed by atoms with Crippen molar-refractivity contribution in [2.45, 2.75) is 13.8 Å². The van der Waals surface area contributed by atoms with Gasteiger partial charge in [-0.05, 0) is 32.0 Å². The molecule has 0 unspecified atom stereocenters. The molecule has 0 saturated heterocycles. The van der Waals surface area contributed by atoms with E-state index in [4.69, 9.17) is 16.6 Å². The van der Waals surface area contributed by atoms with Crippen molar-refractivity contribution >= 4 is 17.6 Å². The first-order valence-electron chi connectivity index (χ1n) is 5.55. The van der Waals surface area contributed by atoms with E-state index in [0.717, 1.165) is 11.4 Å². The van der Waals surface area contributed by atoms with E-state index in [9.17, 15) is 4.79 Å². The summed E-state index contributed by atoms with van der Waals surface area (Å²) in [4.78, 5) is 18.1. The molecular weight excluding hydrogens is 244 g/mol. The molecule has 0 spiro atoms. The van der Waals surface area contributed by atoms with Gasteiger partial charge in [0.15, 0.2) is 0 Å². The molecule has 0 radical (unpaired) electrons. The second-order valence-corrected chi connectivity index (χ2v) is 3.90. The number of anilines is 2. The van der Waals surface area contributed by atoms with Crippen LogP contribution in [0.25, 0.3) is 0 Å². The van der Waals surface area contributed by atoms with Crippen LogP contribution in [0.5, 0.6) is 0 Å². The molecule has 6 nitrogen and oxygen atoms in total. The summed E-state index contributed by atoms with van der Waals surface area (Å²) in [6.45, 7) is 3.79. The zero-order valence-corrected chi connectivity index (χ0v) is 10.8. The summed E-state index contributed by atoms with van der Waals surface area (Å²) in [6, 6.07) is 8.25. The Bertz CT molecular complexity index is 534. The minimum atomic E-state index is -0.988. The number of nitrogens with two attached hydrogens (primary N) is 2. The topological polar surface area (TPSA) is 115 Å². The number of carboxylic acid groups (broad SMARTS) is 1. The number of nitrogens with zero attached hydrogens (tertiary/aromatic N) is 2. The van der Waals surface area contributed by atoms with Crippen molar-refractivity contribution in [3.8, 4) is 0 Å². The number of nitrogen functional groups attached to an aromatic ring is 2. The minimum Gasteiger partial charge on any atom is -0.478 e. The van der Waals surface area contributed by atoms with Crippen LogP contribution in [-0.2, 0) is 0 Å². The number of aromatic carboxylic acids is 1. The molecule has 1 aromatic heterocycles. The molecule has 0 aliphatic rings. The van der Waals surface area contributed by atoms with Gasteiger partial charge in [0.2, 0.25) is 5.95 Å². The highest BCUT2D eigenvalue weighted by Gasteiger charge is 2.03. The number of carbonyl (C=O) groups is 1. The third-order valence-corrected chi connectivity index (χ3v) is 2.19. The molecule has 1 aromatic carbocycles. The monoisotopic (exact) mass is 260 g/mol. The van der Waals surface area contributed by atoms with Gasteiger partial charge in [0, 0.05) is 17.1 Å². The van der Waals surface area contributed by atoms with Crippen LogP contribution in [0.4, 0.5) is 11.6 Å². The lowest BCUT2D eigenvalue weighted by atomic mass is 10.2. The molecule has 5 N–H and O–H groups in total. The number of aryl methyl sites for hydroxylation is 2. The van der Waals surface area contributed by atoms with Gasteiger partial charge in [0.25, 0.3) is 0 Å².